The summed E-state index contributed by atoms with van der Waals surface area (Å²) in [5.41, 5.74) is 0.211. The molecule has 0 saturated heterocycles. The fourth-order valence-corrected chi connectivity index (χ4v) is 10.6. The summed E-state index contributed by atoms with van der Waals surface area (Å²) in [6.07, 6.45) is 8.54. The Balaban J connectivity index is 1.28. The number of nitrogens with one attached hydrogen (secondary N) is 1. The van der Waals surface area contributed by atoms with Crippen LogP contribution in [0, 0.1) is 52.3 Å². The first-order valence-corrected chi connectivity index (χ1v) is 15.7. The number of amides is 1. The molecule has 1 amide bonds. The second-order valence-electron chi connectivity index (χ2n) is 13.9. The molecule has 4 aliphatic carbocycles. The van der Waals surface area contributed by atoms with Crippen molar-refractivity contribution in [1.82, 2.24) is 5.32 Å². The molecule has 4 aliphatic rings. The van der Waals surface area contributed by atoms with E-state index >= 15 is 0 Å². The van der Waals surface area contributed by atoms with Crippen LogP contribution in [0.5, 0.6) is 0 Å². The van der Waals surface area contributed by atoms with Gasteiger partial charge in [-0.1, -0.05) is 34.6 Å². The first kappa shape index (κ1) is 27.7. The number of ketones is 2. The molecule has 1 aromatic rings. The molecule has 0 spiro atoms. The van der Waals surface area contributed by atoms with Gasteiger partial charge in [0, 0.05) is 36.5 Å². The number of carbonyl (C=O) groups excluding carboxylic acids is 4. The minimum atomic E-state index is -0.0910. The SMILES string of the molecule is CC(C)[C@@H](NC(=O)C[C@@H](C)[C@H]1CC[C@H]2[C@@H]3C(=O)C[C@@H]4CC(=O)CC[C@]4(C)[C@H]3CC[C@]12C)c1ccc(C=O)s1. The van der Waals surface area contributed by atoms with Crippen molar-refractivity contribution in [3.63, 3.8) is 0 Å². The number of rotatable bonds is 7. The van der Waals surface area contributed by atoms with Crippen molar-refractivity contribution in [2.45, 2.75) is 98.4 Å². The van der Waals surface area contributed by atoms with E-state index in [0.717, 1.165) is 43.3 Å². The Bertz CT molecular complexity index is 1110. The fraction of sp³-hybridized carbons (Fsp3) is 0.750. The second kappa shape index (κ2) is 10.3. The average Bonchev–Trinajstić information content (AvgIpc) is 3.47. The van der Waals surface area contributed by atoms with Crippen LogP contribution in [0.15, 0.2) is 12.1 Å². The Morgan fingerprint density at radius 3 is 2.47 bits per heavy atom. The van der Waals surface area contributed by atoms with Gasteiger partial charge in [-0.25, -0.2) is 0 Å². The summed E-state index contributed by atoms with van der Waals surface area (Å²) in [5, 5.41) is 3.27. The van der Waals surface area contributed by atoms with Gasteiger partial charge < -0.3 is 5.32 Å². The normalized spacial score (nSPS) is 38.2. The smallest absolute Gasteiger partial charge is 0.220 e. The molecule has 5 nitrogen and oxygen atoms in total. The molecule has 0 bridgehead atoms. The molecular formula is C32H45NO4S. The molecule has 4 fully saturated rings. The van der Waals surface area contributed by atoms with Crippen LogP contribution in [0.3, 0.4) is 0 Å². The van der Waals surface area contributed by atoms with E-state index in [4.69, 9.17) is 0 Å². The molecular weight excluding hydrogens is 494 g/mol. The Labute approximate surface area is 231 Å². The molecule has 0 aliphatic heterocycles. The first-order chi connectivity index (χ1) is 18.0. The largest absolute Gasteiger partial charge is 0.348 e. The highest BCUT2D eigenvalue weighted by atomic mass is 32.1. The van der Waals surface area contributed by atoms with Crippen molar-refractivity contribution < 1.29 is 19.2 Å². The van der Waals surface area contributed by atoms with Crippen LogP contribution in [0.4, 0.5) is 0 Å². The van der Waals surface area contributed by atoms with E-state index in [1.165, 1.54) is 11.3 Å². The molecule has 1 aromatic heterocycles. The van der Waals surface area contributed by atoms with Gasteiger partial charge >= 0.3 is 0 Å². The van der Waals surface area contributed by atoms with Crippen molar-refractivity contribution in [1.29, 1.82) is 0 Å². The number of aldehydes is 1. The number of hydrogen-bond donors (Lipinski definition) is 1. The molecule has 6 heteroatoms. The highest BCUT2D eigenvalue weighted by molar-refractivity contribution is 7.13. The van der Waals surface area contributed by atoms with Gasteiger partial charge in [-0.2, -0.15) is 0 Å². The van der Waals surface area contributed by atoms with Crippen LogP contribution in [-0.4, -0.2) is 23.8 Å². The van der Waals surface area contributed by atoms with Gasteiger partial charge in [0.25, 0.3) is 0 Å². The van der Waals surface area contributed by atoms with Crippen LogP contribution in [-0.2, 0) is 14.4 Å². The van der Waals surface area contributed by atoms with Gasteiger partial charge in [0.1, 0.15) is 11.6 Å². The maximum Gasteiger partial charge on any atom is 0.220 e. The minimum Gasteiger partial charge on any atom is -0.348 e. The van der Waals surface area contributed by atoms with Crippen molar-refractivity contribution in [2.75, 3.05) is 0 Å². The van der Waals surface area contributed by atoms with Crippen LogP contribution in [0.25, 0.3) is 0 Å². The van der Waals surface area contributed by atoms with E-state index in [9.17, 15) is 19.2 Å². The Morgan fingerprint density at radius 1 is 1.05 bits per heavy atom. The van der Waals surface area contributed by atoms with Gasteiger partial charge in [0.15, 0.2) is 6.29 Å². The summed E-state index contributed by atoms with van der Waals surface area (Å²) in [6, 6.07) is 3.69. The maximum atomic E-state index is 13.6. The van der Waals surface area contributed by atoms with Gasteiger partial charge in [-0.05, 0) is 90.6 Å². The van der Waals surface area contributed by atoms with E-state index in [1.54, 1.807) is 0 Å². The molecule has 5 rings (SSSR count). The number of thiophene rings is 1. The van der Waals surface area contributed by atoms with Crippen LogP contribution < -0.4 is 5.32 Å². The lowest BCUT2D eigenvalue weighted by Crippen LogP contribution is -2.57. The molecule has 0 unspecified atom stereocenters. The van der Waals surface area contributed by atoms with Crippen molar-refractivity contribution in [3.8, 4) is 0 Å². The van der Waals surface area contributed by atoms with Crippen molar-refractivity contribution in [3.05, 3.63) is 21.9 Å². The Kier molecular flexibility index (Phi) is 7.52. The van der Waals surface area contributed by atoms with Gasteiger partial charge in [0.2, 0.25) is 5.91 Å². The Morgan fingerprint density at radius 2 is 1.79 bits per heavy atom. The highest BCUT2D eigenvalue weighted by Gasteiger charge is 2.63. The summed E-state index contributed by atoms with van der Waals surface area (Å²) in [4.78, 5) is 52.0. The van der Waals surface area contributed by atoms with E-state index in [0.29, 0.717) is 59.9 Å². The molecule has 208 valence electrons. The maximum absolute atomic E-state index is 13.6. The van der Waals surface area contributed by atoms with Crippen LogP contribution in [0.1, 0.15) is 113 Å². The van der Waals surface area contributed by atoms with Gasteiger partial charge in [-0.15, -0.1) is 11.3 Å². The monoisotopic (exact) mass is 539 g/mol. The van der Waals surface area contributed by atoms with Crippen LogP contribution in [0.2, 0.25) is 0 Å². The molecule has 4 saturated carbocycles. The standard InChI is InChI=1S/C32H45NO4S/c1-18(2)30(27-9-6-22(17-34)38-27)33-28(37)14-19(3)23-7-8-24-29-25(11-13-32(23,24)5)31(4)12-10-21(35)15-20(31)16-26(29)36/h6,9,17-20,23-25,29-30H,7-8,10-16H2,1-5H3,(H,33,37)/t19-,20+,23-,24+,25+,29+,30-,31+,32-/m1/s1. The lowest BCUT2D eigenvalue weighted by molar-refractivity contribution is -0.159. The average molecular weight is 540 g/mol. The Hall–Kier alpha value is -1.82. The third-order valence-corrected chi connectivity index (χ3v) is 12.7. The third kappa shape index (κ3) is 4.63. The lowest BCUT2D eigenvalue weighted by Gasteiger charge is -2.59. The lowest BCUT2D eigenvalue weighted by atomic mass is 9.44. The molecule has 0 aromatic carbocycles. The molecule has 0 radical (unpaired) electrons. The van der Waals surface area contributed by atoms with E-state index < -0.39 is 0 Å². The summed E-state index contributed by atoms with van der Waals surface area (Å²) >= 11 is 1.45. The van der Waals surface area contributed by atoms with E-state index in [-0.39, 0.29) is 46.5 Å². The quantitative estimate of drug-likeness (QED) is 0.386. The molecule has 1 N–H and O–H groups in total. The van der Waals surface area contributed by atoms with E-state index in [1.807, 2.05) is 12.1 Å². The fourth-order valence-electron chi connectivity index (χ4n) is 9.53. The predicted molar refractivity (Wildman–Crippen MR) is 150 cm³/mol. The number of Topliss-reactive ketones (excluding diaryl/α,β-unsaturated/α-hetero) is 2. The van der Waals surface area contributed by atoms with Crippen LogP contribution >= 0.6 is 11.3 Å². The van der Waals surface area contributed by atoms with Crippen molar-refractivity contribution in [2.24, 2.45) is 52.3 Å². The molecule has 9 atom stereocenters. The summed E-state index contributed by atoms with van der Waals surface area (Å²) in [6.45, 7) is 11.2. The number of fused-ring (bicyclic) bond motifs is 5. The number of hydrogen-bond acceptors (Lipinski definition) is 5. The zero-order chi connectivity index (χ0) is 27.4. The van der Waals surface area contributed by atoms with E-state index in [2.05, 4.69) is 39.9 Å². The summed E-state index contributed by atoms with van der Waals surface area (Å²) in [5.74, 6) is 2.93. The zero-order valence-electron chi connectivity index (χ0n) is 23.8. The zero-order valence-corrected chi connectivity index (χ0v) is 24.6. The highest BCUT2D eigenvalue weighted by Crippen LogP contribution is 2.67. The summed E-state index contributed by atoms with van der Waals surface area (Å²) in [7, 11) is 0. The third-order valence-electron chi connectivity index (χ3n) is 11.6. The minimum absolute atomic E-state index is 0.0777. The van der Waals surface area contributed by atoms with Crippen molar-refractivity contribution >= 4 is 35.1 Å². The predicted octanol–water partition coefficient (Wildman–Crippen LogP) is 6.81. The topological polar surface area (TPSA) is 80.3 Å². The first-order valence-electron chi connectivity index (χ1n) is 14.9. The van der Waals surface area contributed by atoms with Gasteiger partial charge in [-0.3, -0.25) is 19.2 Å². The number of carbonyl (C=O) groups is 4. The second-order valence-corrected chi connectivity index (χ2v) is 15.1. The molecule has 1 heterocycles. The molecule has 38 heavy (non-hydrogen) atoms. The summed E-state index contributed by atoms with van der Waals surface area (Å²) < 4.78 is 0. The van der Waals surface area contributed by atoms with Gasteiger partial charge in [0.05, 0.1) is 10.9 Å².